The van der Waals surface area contributed by atoms with Crippen LogP contribution in [0.1, 0.15) is 18.9 Å². The Balaban J connectivity index is 0.000000124. The molecule has 1 saturated carbocycles. The van der Waals surface area contributed by atoms with Crippen LogP contribution in [0.4, 0.5) is 0 Å². The number of nitrogens with zero attached hydrogens (tertiary/aromatic N) is 3. The molecule has 3 rings (SSSR count). The zero-order chi connectivity index (χ0) is 10.7. The molecule has 2 aromatic heterocycles. The van der Waals surface area contributed by atoms with E-state index in [1.165, 1.54) is 12.8 Å². The lowest BCUT2D eigenvalue weighted by Crippen LogP contribution is -1.91. The first-order chi connectivity index (χ1) is 7.25. The van der Waals surface area contributed by atoms with Gasteiger partial charge in [-0.3, -0.25) is 9.78 Å². The smallest absolute Gasteiger partial charge is 0.0632 e. The summed E-state index contributed by atoms with van der Waals surface area (Å²) >= 11 is 6.53. The van der Waals surface area contributed by atoms with Crippen LogP contribution in [0.2, 0.25) is 0 Å². The summed E-state index contributed by atoms with van der Waals surface area (Å²) in [5.74, 6) is 0. The third-order valence-electron chi connectivity index (χ3n) is 1.96. The molecular formula is C9H10Br2N4. The summed E-state index contributed by atoms with van der Waals surface area (Å²) in [5, 5.41) is 10.4. The Morgan fingerprint density at radius 1 is 1.27 bits per heavy atom. The summed E-state index contributed by atoms with van der Waals surface area (Å²) in [6.07, 6.45) is 9.91. The SMILES string of the molecule is Brc1cn[nH]c1.Brc1cnn(C2CC2)c1. The van der Waals surface area contributed by atoms with E-state index in [1.807, 2.05) is 17.1 Å². The fraction of sp³-hybridized carbons (Fsp3) is 0.333. The van der Waals surface area contributed by atoms with E-state index in [0.717, 1.165) is 8.95 Å². The van der Waals surface area contributed by atoms with Crippen molar-refractivity contribution < 1.29 is 0 Å². The summed E-state index contributed by atoms with van der Waals surface area (Å²) in [4.78, 5) is 0. The molecular weight excluding hydrogens is 324 g/mol. The van der Waals surface area contributed by atoms with E-state index >= 15 is 0 Å². The average Bonchev–Trinajstić information content (AvgIpc) is 2.81. The standard InChI is InChI=1S/C6H7BrN2.C3H3BrN2/c7-5-3-8-9(4-5)6-1-2-6;4-3-1-5-6-2-3/h3-4,6H,1-2H2;1-2H,(H,5,6). The molecule has 15 heavy (non-hydrogen) atoms. The van der Waals surface area contributed by atoms with Gasteiger partial charge >= 0.3 is 0 Å². The lowest BCUT2D eigenvalue weighted by atomic mass is 10.7. The number of H-pyrrole nitrogens is 1. The second kappa shape index (κ2) is 4.94. The van der Waals surface area contributed by atoms with Gasteiger partial charge in [0.25, 0.3) is 0 Å². The summed E-state index contributed by atoms with van der Waals surface area (Å²) in [5.41, 5.74) is 0. The summed E-state index contributed by atoms with van der Waals surface area (Å²) in [6, 6.07) is 0.705. The fourth-order valence-corrected chi connectivity index (χ4v) is 1.59. The van der Waals surface area contributed by atoms with Crippen molar-refractivity contribution in [3.63, 3.8) is 0 Å². The van der Waals surface area contributed by atoms with Crippen molar-refractivity contribution in [3.8, 4) is 0 Å². The number of hydrogen-bond donors (Lipinski definition) is 1. The fourth-order valence-electron chi connectivity index (χ4n) is 1.09. The molecule has 1 aliphatic rings. The van der Waals surface area contributed by atoms with Crippen molar-refractivity contribution in [2.45, 2.75) is 18.9 Å². The minimum absolute atomic E-state index is 0.705. The topological polar surface area (TPSA) is 46.5 Å². The second-order valence-electron chi connectivity index (χ2n) is 3.29. The van der Waals surface area contributed by atoms with Gasteiger partial charge in [0, 0.05) is 12.4 Å². The van der Waals surface area contributed by atoms with E-state index in [2.05, 4.69) is 47.2 Å². The molecule has 0 atom stereocenters. The molecule has 0 radical (unpaired) electrons. The van der Waals surface area contributed by atoms with Crippen LogP contribution in [0.3, 0.4) is 0 Å². The molecule has 0 unspecified atom stereocenters. The Bertz CT molecular complexity index is 405. The molecule has 80 valence electrons. The Kier molecular flexibility index (Phi) is 3.58. The molecule has 2 aromatic rings. The summed E-state index contributed by atoms with van der Waals surface area (Å²) in [7, 11) is 0. The zero-order valence-electron chi connectivity index (χ0n) is 7.90. The van der Waals surface area contributed by atoms with Gasteiger partial charge in [-0.05, 0) is 44.7 Å². The maximum atomic E-state index is 4.15. The first-order valence-electron chi connectivity index (χ1n) is 4.59. The molecule has 6 heteroatoms. The largest absolute Gasteiger partial charge is 0.285 e. The van der Waals surface area contributed by atoms with E-state index in [-0.39, 0.29) is 0 Å². The number of halogens is 2. The second-order valence-corrected chi connectivity index (χ2v) is 5.12. The van der Waals surface area contributed by atoms with Crippen molar-refractivity contribution in [1.82, 2.24) is 20.0 Å². The van der Waals surface area contributed by atoms with Crippen LogP contribution in [0.15, 0.2) is 33.7 Å². The van der Waals surface area contributed by atoms with Gasteiger partial charge in [0.1, 0.15) is 0 Å². The van der Waals surface area contributed by atoms with Crippen LogP contribution in [0.5, 0.6) is 0 Å². The monoisotopic (exact) mass is 332 g/mol. The van der Waals surface area contributed by atoms with Gasteiger partial charge in [0.05, 0.1) is 27.4 Å². The molecule has 2 heterocycles. The minimum Gasteiger partial charge on any atom is -0.285 e. The van der Waals surface area contributed by atoms with E-state index in [9.17, 15) is 0 Å². The third kappa shape index (κ3) is 3.46. The van der Waals surface area contributed by atoms with Crippen LogP contribution in [-0.4, -0.2) is 20.0 Å². The van der Waals surface area contributed by atoms with E-state index in [1.54, 1.807) is 12.4 Å². The highest BCUT2D eigenvalue weighted by Gasteiger charge is 2.23. The van der Waals surface area contributed by atoms with E-state index in [0.29, 0.717) is 6.04 Å². The average molecular weight is 334 g/mol. The minimum atomic E-state index is 0.705. The summed E-state index contributed by atoms with van der Waals surface area (Å²) < 4.78 is 4.08. The number of aromatic nitrogens is 4. The number of nitrogens with one attached hydrogen (secondary N) is 1. The molecule has 0 aromatic carbocycles. The quantitative estimate of drug-likeness (QED) is 0.871. The van der Waals surface area contributed by atoms with E-state index in [4.69, 9.17) is 0 Å². The normalized spacial score (nSPS) is 14.5. The first-order valence-corrected chi connectivity index (χ1v) is 6.18. The van der Waals surface area contributed by atoms with Gasteiger partial charge in [-0.15, -0.1) is 0 Å². The lowest BCUT2D eigenvalue weighted by Gasteiger charge is -1.91. The van der Waals surface area contributed by atoms with Gasteiger partial charge in [-0.25, -0.2) is 0 Å². The number of hydrogen-bond acceptors (Lipinski definition) is 2. The van der Waals surface area contributed by atoms with Gasteiger partial charge < -0.3 is 0 Å². The van der Waals surface area contributed by atoms with Crippen molar-refractivity contribution in [3.05, 3.63) is 33.7 Å². The molecule has 0 aliphatic heterocycles. The van der Waals surface area contributed by atoms with Gasteiger partial charge in [-0.2, -0.15) is 10.2 Å². The highest BCUT2D eigenvalue weighted by molar-refractivity contribution is 9.10. The molecule has 0 saturated heterocycles. The third-order valence-corrected chi connectivity index (χ3v) is 2.80. The molecule has 0 spiro atoms. The van der Waals surface area contributed by atoms with Gasteiger partial charge in [0.2, 0.25) is 0 Å². The molecule has 1 N–H and O–H groups in total. The Labute approximate surface area is 104 Å². The van der Waals surface area contributed by atoms with Crippen LogP contribution in [0.25, 0.3) is 0 Å². The van der Waals surface area contributed by atoms with Crippen molar-refractivity contribution in [2.75, 3.05) is 0 Å². The van der Waals surface area contributed by atoms with Gasteiger partial charge in [0.15, 0.2) is 0 Å². The highest BCUT2D eigenvalue weighted by atomic mass is 79.9. The first kappa shape index (κ1) is 10.9. The Morgan fingerprint density at radius 2 is 2.07 bits per heavy atom. The predicted molar refractivity (Wildman–Crippen MR) is 64.5 cm³/mol. The van der Waals surface area contributed by atoms with Crippen LogP contribution >= 0.6 is 31.9 Å². The Morgan fingerprint density at radius 3 is 2.40 bits per heavy atom. The maximum Gasteiger partial charge on any atom is 0.0632 e. The van der Waals surface area contributed by atoms with Crippen molar-refractivity contribution in [2.24, 2.45) is 0 Å². The maximum absolute atomic E-state index is 4.15. The van der Waals surface area contributed by atoms with E-state index < -0.39 is 0 Å². The van der Waals surface area contributed by atoms with Crippen molar-refractivity contribution >= 4 is 31.9 Å². The summed E-state index contributed by atoms with van der Waals surface area (Å²) in [6.45, 7) is 0. The van der Waals surface area contributed by atoms with Gasteiger partial charge in [-0.1, -0.05) is 0 Å². The molecule has 0 bridgehead atoms. The van der Waals surface area contributed by atoms with Crippen LogP contribution in [-0.2, 0) is 0 Å². The highest BCUT2D eigenvalue weighted by Crippen LogP contribution is 2.34. The zero-order valence-corrected chi connectivity index (χ0v) is 11.1. The van der Waals surface area contributed by atoms with Crippen LogP contribution in [0, 0.1) is 0 Å². The lowest BCUT2D eigenvalue weighted by molar-refractivity contribution is 0.641. The molecule has 1 fully saturated rings. The number of aromatic amines is 1. The predicted octanol–water partition coefficient (Wildman–Crippen LogP) is 3.15. The number of rotatable bonds is 1. The van der Waals surface area contributed by atoms with Crippen molar-refractivity contribution in [1.29, 1.82) is 0 Å². The molecule has 0 amide bonds. The molecule has 1 aliphatic carbocycles. The molecule has 4 nitrogen and oxygen atoms in total. The van der Waals surface area contributed by atoms with Crippen LogP contribution < -0.4 is 0 Å². The Hall–Kier alpha value is -0.620.